The van der Waals surface area contributed by atoms with E-state index in [4.69, 9.17) is 20.4 Å². The van der Waals surface area contributed by atoms with Gasteiger partial charge < -0.3 is 13.7 Å². The molecule has 4 heterocycles. The Kier molecular flexibility index (Phi) is 6.06. The number of carbonyl (C=O) groups excluding carboxylic acids is 1. The largest absolute Gasteiger partial charge is 0.464 e. The van der Waals surface area contributed by atoms with Gasteiger partial charge in [-0.05, 0) is 53.6 Å². The molecule has 186 valence electrons. The summed E-state index contributed by atoms with van der Waals surface area (Å²) in [5, 5.41) is 13.6. The van der Waals surface area contributed by atoms with E-state index in [9.17, 15) is 9.59 Å². The molecule has 0 bridgehead atoms. The van der Waals surface area contributed by atoms with Gasteiger partial charge in [0.25, 0.3) is 5.91 Å². The predicted octanol–water partition coefficient (Wildman–Crippen LogP) is 3.69. The molecule has 6 rings (SSSR count). The van der Waals surface area contributed by atoms with Crippen molar-refractivity contribution in [2.45, 2.75) is 37.8 Å². The van der Waals surface area contributed by atoms with E-state index < -0.39 is 6.04 Å². The fraction of sp³-hybridized carbons (Fsp3) is 0.400. The van der Waals surface area contributed by atoms with Crippen LogP contribution in [-0.2, 0) is 0 Å². The molecule has 1 aliphatic heterocycles. The van der Waals surface area contributed by atoms with E-state index in [0.29, 0.717) is 59.3 Å². The lowest BCUT2D eigenvalue weighted by atomic mass is 10.0. The molecule has 0 radical (unpaired) electrons. The normalized spacial score (nSPS) is 18.2. The minimum atomic E-state index is -0.527. The Labute approximate surface area is 211 Å². The predicted molar refractivity (Wildman–Crippen MR) is 131 cm³/mol. The van der Waals surface area contributed by atoms with Crippen molar-refractivity contribution >= 4 is 28.5 Å². The van der Waals surface area contributed by atoms with Crippen LogP contribution in [0.3, 0.4) is 0 Å². The highest BCUT2D eigenvalue weighted by Crippen LogP contribution is 2.34. The van der Waals surface area contributed by atoms with Gasteiger partial charge in [0, 0.05) is 31.2 Å². The Morgan fingerprint density at radius 1 is 1.08 bits per heavy atom. The molecule has 1 saturated carbocycles. The van der Waals surface area contributed by atoms with Crippen LogP contribution in [0.2, 0.25) is 5.02 Å². The highest BCUT2D eigenvalue weighted by Gasteiger charge is 2.36. The number of amides is 1. The molecule has 1 aliphatic carbocycles. The fourth-order valence-corrected chi connectivity index (χ4v) is 5.51. The number of nitrogens with zero attached hydrogens (tertiary/aromatic N) is 6. The summed E-state index contributed by atoms with van der Waals surface area (Å²) in [6.45, 7) is 2.01. The van der Waals surface area contributed by atoms with Crippen LogP contribution in [0.25, 0.3) is 11.0 Å². The summed E-state index contributed by atoms with van der Waals surface area (Å²) in [5.74, 6) is 0.783. The molecule has 0 N–H and O–H groups in total. The molecule has 3 aromatic heterocycles. The smallest absolute Gasteiger partial charge is 0.289 e. The fourth-order valence-electron chi connectivity index (χ4n) is 5.33. The maximum Gasteiger partial charge on any atom is 0.289 e. The number of piperazine rings is 1. The van der Waals surface area contributed by atoms with E-state index >= 15 is 0 Å². The first-order valence-corrected chi connectivity index (χ1v) is 12.5. The zero-order valence-electron chi connectivity index (χ0n) is 19.5. The molecule has 1 atom stereocenters. The summed E-state index contributed by atoms with van der Waals surface area (Å²) in [5.41, 5.74) is 0.750. The van der Waals surface area contributed by atoms with Crippen molar-refractivity contribution < 1.29 is 13.6 Å². The van der Waals surface area contributed by atoms with Gasteiger partial charge in [-0.25, -0.2) is 4.68 Å². The Bertz CT molecular complexity index is 1430. The Morgan fingerprint density at radius 2 is 1.89 bits per heavy atom. The van der Waals surface area contributed by atoms with E-state index in [1.165, 1.54) is 12.5 Å². The van der Waals surface area contributed by atoms with Crippen molar-refractivity contribution in [1.82, 2.24) is 30.0 Å². The van der Waals surface area contributed by atoms with E-state index in [1.807, 2.05) is 4.68 Å². The van der Waals surface area contributed by atoms with Crippen LogP contribution in [0, 0.1) is 0 Å². The van der Waals surface area contributed by atoms with Gasteiger partial charge in [0.05, 0.1) is 23.3 Å². The molecule has 2 fully saturated rings. The minimum Gasteiger partial charge on any atom is -0.464 e. The van der Waals surface area contributed by atoms with Crippen LogP contribution in [0.15, 0.2) is 56.5 Å². The topological polar surface area (TPSA) is 110 Å². The van der Waals surface area contributed by atoms with Gasteiger partial charge in [-0.3, -0.25) is 14.5 Å². The lowest BCUT2D eigenvalue weighted by Crippen LogP contribution is -2.50. The summed E-state index contributed by atoms with van der Waals surface area (Å²) in [4.78, 5) is 30.4. The summed E-state index contributed by atoms with van der Waals surface area (Å²) in [7, 11) is 0. The van der Waals surface area contributed by atoms with Crippen LogP contribution in [-0.4, -0.2) is 62.1 Å². The highest BCUT2D eigenvalue weighted by atomic mass is 35.5. The summed E-state index contributed by atoms with van der Waals surface area (Å²) in [6.07, 6.45) is 7.25. The lowest BCUT2D eigenvalue weighted by Gasteiger charge is -2.38. The molecule has 0 spiro atoms. The Morgan fingerprint density at radius 3 is 2.64 bits per heavy atom. The average molecular weight is 509 g/mol. The third kappa shape index (κ3) is 4.10. The van der Waals surface area contributed by atoms with Crippen molar-refractivity contribution in [2.75, 3.05) is 26.2 Å². The van der Waals surface area contributed by atoms with Crippen LogP contribution >= 0.6 is 11.6 Å². The summed E-state index contributed by atoms with van der Waals surface area (Å²) >= 11 is 6.20. The molecule has 11 heteroatoms. The number of halogens is 1. The first-order chi connectivity index (χ1) is 17.6. The Balaban J connectivity index is 1.38. The number of furan rings is 1. The molecular formula is C25H25ClN6O4. The second kappa shape index (κ2) is 9.51. The molecule has 36 heavy (non-hydrogen) atoms. The van der Waals surface area contributed by atoms with E-state index in [0.717, 1.165) is 25.7 Å². The van der Waals surface area contributed by atoms with Crippen LogP contribution in [0.1, 0.15) is 59.7 Å². The second-order valence-electron chi connectivity index (χ2n) is 9.29. The van der Waals surface area contributed by atoms with Crippen LogP contribution in [0.4, 0.5) is 0 Å². The molecular weight excluding hydrogens is 484 g/mol. The van der Waals surface area contributed by atoms with Gasteiger partial charge in [-0.2, -0.15) is 0 Å². The number of fused-ring (bicyclic) bond motifs is 1. The quantitative estimate of drug-likeness (QED) is 0.401. The maximum atomic E-state index is 13.7. The van der Waals surface area contributed by atoms with Gasteiger partial charge in [0.2, 0.25) is 0 Å². The lowest BCUT2D eigenvalue weighted by molar-refractivity contribution is 0.0556. The summed E-state index contributed by atoms with van der Waals surface area (Å²) < 4.78 is 13.0. The maximum absolute atomic E-state index is 13.7. The van der Waals surface area contributed by atoms with E-state index in [-0.39, 0.29) is 17.4 Å². The van der Waals surface area contributed by atoms with Gasteiger partial charge in [-0.1, -0.05) is 24.4 Å². The summed E-state index contributed by atoms with van der Waals surface area (Å²) in [6, 6.07) is 8.05. The zero-order chi connectivity index (χ0) is 24.6. The van der Waals surface area contributed by atoms with E-state index in [2.05, 4.69) is 20.4 Å². The second-order valence-corrected chi connectivity index (χ2v) is 9.73. The number of hydrogen-bond acceptors (Lipinski definition) is 8. The third-order valence-corrected chi connectivity index (χ3v) is 7.42. The third-order valence-electron chi connectivity index (χ3n) is 7.19. The van der Waals surface area contributed by atoms with Gasteiger partial charge >= 0.3 is 0 Å². The average Bonchev–Trinajstić information content (AvgIpc) is 3.68. The van der Waals surface area contributed by atoms with Crippen LogP contribution in [0.5, 0.6) is 0 Å². The molecule has 1 aromatic carbocycles. The molecule has 4 aromatic rings. The van der Waals surface area contributed by atoms with Gasteiger partial charge in [-0.15, -0.1) is 5.10 Å². The highest BCUT2D eigenvalue weighted by molar-refractivity contribution is 6.31. The Hall–Kier alpha value is -3.50. The van der Waals surface area contributed by atoms with Crippen LogP contribution < -0.4 is 5.43 Å². The molecule has 10 nitrogen and oxygen atoms in total. The molecule has 0 unspecified atom stereocenters. The number of rotatable bonds is 5. The molecule has 1 saturated heterocycles. The van der Waals surface area contributed by atoms with Crippen molar-refractivity contribution in [3.05, 3.63) is 75.3 Å². The first kappa shape index (κ1) is 22.9. The SMILES string of the molecule is O=C(c1ccco1)N1CCN([C@@H](c2coc3ccc(Cl)cc3c2=O)c2nnnn2C2CCCC2)CC1. The van der Waals surface area contributed by atoms with Crippen molar-refractivity contribution in [3.8, 4) is 0 Å². The molecule has 2 aliphatic rings. The molecule has 1 amide bonds. The van der Waals surface area contributed by atoms with Crippen molar-refractivity contribution in [3.63, 3.8) is 0 Å². The van der Waals surface area contributed by atoms with Gasteiger partial charge in [0.15, 0.2) is 17.0 Å². The van der Waals surface area contributed by atoms with Gasteiger partial charge in [0.1, 0.15) is 17.9 Å². The monoisotopic (exact) mass is 508 g/mol. The van der Waals surface area contributed by atoms with Crippen molar-refractivity contribution in [2.24, 2.45) is 0 Å². The number of tetrazole rings is 1. The number of benzene rings is 1. The van der Waals surface area contributed by atoms with E-state index in [1.54, 1.807) is 35.2 Å². The van der Waals surface area contributed by atoms with Crippen molar-refractivity contribution in [1.29, 1.82) is 0 Å². The first-order valence-electron chi connectivity index (χ1n) is 12.2. The number of aromatic nitrogens is 4. The zero-order valence-corrected chi connectivity index (χ0v) is 20.3. The number of carbonyl (C=O) groups is 1. The number of hydrogen-bond donors (Lipinski definition) is 0. The standard InChI is InChI=1S/C25H25ClN6O4/c26-16-7-8-20-18(14-16)23(33)19(15-36-20)22(24-27-28-29-32(24)17-4-1-2-5-17)30-9-11-31(12-10-30)25(34)21-6-3-13-35-21/h3,6-8,13-15,17,22H,1-2,4-5,9-12H2/t22-/m0/s1. The minimum absolute atomic E-state index is 0.146.